The first-order chi connectivity index (χ1) is 12.5. The van der Waals surface area contributed by atoms with Crippen LogP contribution < -0.4 is 5.32 Å². The lowest BCUT2D eigenvalue weighted by atomic mass is 9.93. The van der Waals surface area contributed by atoms with E-state index >= 15 is 0 Å². The number of amides is 2. The molecule has 0 spiro atoms. The van der Waals surface area contributed by atoms with Crippen molar-refractivity contribution in [1.29, 1.82) is 0 Å². The maximum Gasteiger partial charge on any atom is 0.295 e. The number of carbonyl (C=O) groups excluding carboxylic acids is 2. The number of rotatable bonds is 3. The zero-order chi connectivity index (χ0) is 18.5. The molecule has 0 bridgehead atoms. The van der Waals surface area contributed by atoms with Gasteiger partial charge in [0.15, 0.2) is 0 Å². The summed E-state index contributed by atoms with van der Waals surface area (Å²) in [5, 5.41) is 2.98. The first kappa shape index (κ1) is 17.9. The van der Waals surface area contributed by atoms with E-state index in [1.807, 2.05) is 26.0 Å². The van der Waals surface area contributed by atoms with Crippen LogP contribution in [0.3, 0.4) is 0 Å². The zero-order valence-electron chi connectivity index (χ0n) is 15.0. The highest BCUT2D eigenvalue weighted by atomic mass is 16.2. The van der Waals surface area contributed by atoms with Gasteiger partial charge in [-0.2, -0.15) is 0 Å². The average Bonchev–Trinajstić information content (AvgIpc) is 2.63. The summed E-state index contributed by atoms with van der Waals surface area (Å²) in [4.78, 5) is 37.7. The van der Waals surface area contributed by atoms with E-state index in [1.165, 1.54) is 0 Å². The van der Waals surface area contributed by atoms with Crippen LogP contribution in [0.5, 0.6) is 0 Å². The van der Waals surface area contributed by atoms with E-state index < -0.39 is 0 Å². The Balaban J connectivity index is 1.77. The molecule has 2 heterocycles. The van der Waals surface area contributed by atoms with E-state index in [-0.39, 0.29) is 17.9 Å². The van der Waals surface area contributed by atoms with Crippen LogP contribution in [0.2, 0.25) is 0 Å². The summed E-state index contributed by atoms with van der Waals surface area (Å²) in [5.41, 5.74) is 2.98. The van der Waals surface area contributed by atoms with E-state index in [9.17, 15) is 9.59 Å². The molecule has 1 atom stereocenters. The second kappa shape index (κ2) is 7.99. The van der Waals surface area contributed by atoms with Crippen molar-refractivity contribution in [1.82, 2.24) is 15.3 Å². The minimum absolute atomic E-state index is 0.241. The monoisotopic (exact) mass is 350 g/mol. The van der Waals surface area contributed by atoms with E-state index in [2.05, 4.69) is 20.3 Å². The largest absolute Gasteiger partial charge is 0.343 e. The number of carbonyl (C=O) groups is 2. The fraction of sp³-hybridized carbons (Fsp3) is 0.350. The van der Waals surface area contributed by atoms with Crippen molar-refractivity contribution in [3.8, 4) is 0 Å². The SMILES string of the molecule is Cc1cccc(C(=O)N=C2CCCC[C@@H]2NC(=O)c2cccc(C)n2)n1. The molecule has 6 nitrogen and oxygen atoms in total. The van der Waals surface area contributed by atoms with Crippen LogP contribution in [-0.4, -0.2) is 33.5 Å². The third kappa shape index (κ3) is 4.39. The van der Waals surface area contributed by atoms with E-state index in [1.54, 1.807) is 24.3 Å². The van der Waals surface area contributed by atoms with E-state index in [0.717, 1.165) is 30.7 Å². The molecule has 1 aliphatic carbocycles. The number of aliphatic imine (C=N–C) groups is 1. The highest BCUT2D eigenvalue weighted by Gasteiger charge is 2.24. The Morgan fingerprint density at radius 1 is 1.00 bits per heavy atom. The molecule has 1 fully saturated rings. The van der Waals surface area contributed by atoms with E-state index in [0.29, 0.717) is 23.5 Å². The summed E-state index contributed by atoms with van der Waals surface area (Å²) in [5.74, 6) is -0.604. The fourth-order valence-corrected chi connectivity index (χ4v) is 3.04. The van der Waals surface area contributed by atoms with Gasteiger partial charge in [0.2, 0.25) is 0 Å². The van der Waals surface area contributed by atoms with Gasteiger partial charge in [0.25, 0.3) is 11.8 Å². The minimum Gasteiger partial charge on any atom is -0.343 e. The molecule has 2 aromatic heterocycles. The van der Waals surface area contributed by atoms with Crippen molar-refractivity contribution < 1.29 is 9.59 Å². The van der Waals surface area contributed by atoms with Gasteiger partial charge in [-0.1, -0.05) is 18.6 Å². The fourth-order valence-electron chi connectivity index (χ4n) is 3.04. The Labute approximate surface area is 152 Å². The van der Waals surface area contributed by atoms with Crippen molar-refractivity contribution in [2.75, 3.05) is 0 Å². The predicted molar refractivity (Wildman–Crippen MR) is 99.4 cm³/mol. The summed E-state index contributed by atoms with van der Waals surface area (Å²) in [6.07, 6.45) is 3.42. The Morgan fingerprint density at radius 3 is 2.35 bits per heavy atom. The molecular weight excluding hydrogens is 328 g/mol. The molecular formula is C20H22N4O2. The van der Waals surface area contributed by atoms with Crippen molar-refractivity contribution in [3.63, 3.8) is 0 Å². The third-order valence-corrected chi connectivity index (χ3v) is 4.36. The van der Waals surface area contributed by atoms with Gasteiger partial charge in [-0.25, -0.2) is 15.0 Å². The Hall–Kier alpha value is -2.89. The average molecular weight is 350 g/mol. The molecule has 0 saturated heterocycles. The number of aryl methyl sites for hydroxylation is 2. The van der Waals surface area contributed by atoms with Crippen LogP contribution in [-0.2, 0) is 0 Å². The number of nitrogens with one attached hydrogen (secondary N) is 1. The topological polar surface area (TPSA) is 84.3 Å². The maximum atomic E-state index is 12.5. The lowest BCUT2D eigenvalue weighted by Gasteiger charge is -2.24. The number of pyridine rings is 2. The maximum absolute atomic E-state index is 12.5. The third-order valence-electron chi connectivity index (χ3n) is 4.36. The normalized spacial score (nSPS) is 18.5. The van der Waals surface area contributed by atoms with Gasteiger partial charge in [0.1, 0.15) is 11.4 Å². The first-order valence-electron chi connectivity index (χ1n) is 8.83. The number of aromatic nitrogens is 2. The van der Waals surface area contributed by atoms with Crippen LogP contribution in [0.4, 0.5) is 0 Å². The van der Waals surface area contributed by atoms with Gasteiger partial charge in [-0.15, -0.1) is 0 Å². The highest BCUT2D eigenvalue weighted by molar-refractivity contribution is 6.06. The summed E-state index contributed by atoms with van der Waals surface area (Å²) in [6.45, 7) is 3.68. The molecule has 1 N–H and O–H groups in total. The van der Waals surface area contributed by atoms with Crippen LogP contribution in [0.25, 0.3) is 0 Å². The second-order valence-electron chi connectivity index (χ2n) is 6.51. The van der Waals surface area contributed by atoms with Gasteiger partial charge >= 0.3 is 0 Å². The summed E-state index contributed by atoms with van der Waals surface area (Å²) in [7, 11) is 0. The number of hydrogen-bond acceptors (Lipinski definition) is 4. The Bertz CT molecular complexity index is 860. The van der Waals surface area contributed by atoms with Crippen LogP contribution in [0.15, 0.2) is 41.4 Å². The highest BCUT2D eigenvalue weighted by Crippen LogP contribution is 2.17. The lowest BCUT2D eigenvalue weighted by molar-refractivity contribution is 0.0934. The van der Waals surface area contributed by atoms with Gasteiger partial charge in [-0.05, 0) is 57.4 Å². The van der Waals surface area contributed by atoms with Crippen molar-refractivity contribution >= 4 is 17.5 Å². The molecule has 26 heavy (non-hydrogen) atoms. The molecule has 134 valence electrons. The molecule has 1 saturated carbocycles. The summed E-state index contributed by atoms with van der Waals surface area (Å²) in [6, 6.07) is 10.4. The van der Waals surface area contributed by atoms with Gasteiger partial charge in [0.05, 0.1) is 6.04 Å². The Kier molecular flexibility index (Phi) is 5.51. The molecule has 2 amide bonds. The predicted octanol–water partition coefficient (Wildman–Crippen LogP) is 3.05. The molecule has 0 aromatic carbocycles. The minimum atomic E-state index is -0.362. The summed E-state index contributed by atoms with van der Waals surface area (Å²) < 4.78 is 0. The molecule has 1 aliphatic rings. The number of nitrogens with zero attached hydrogens (tertiary/aromatic N) is 3. The quantitative estimate of drug-likeness (QED) is 0.922. The molecule has 6 heteroatoms. The summed E-state index contributed by atoms with van der Waals surface area (Å²) >= 11 is 0. The van der Waals surface area contributed by atoms with Crippen LogP contribution in [0.1, 0.15) is 58.0 Å². The second-order valence-corrected chi connectivity index (χ2v) is 6.51. The van der Waals surface area contributed by atoms with Gasteiger partial charge < -0.3 is 5.32 Å². The molecule has 0 radical (unpaired) electrons. The molecule has 2 aromatic rings. The standard InChI is InChI=1S/C20H22N4O2/c1-13-7-5-11-17(21-13)19(25)23-15-9-3-4-10-16(15)24-20(26)18-12-6-8-14(2)22-18/h5-8,11-12,15H,3-4,9-10H2,1-2H3,(H,23,25)/t15-/m0/s1. The van der Waals surface area contributed by atoms with Crippen molar-refractivity contribution in [2.24, 2.45) is 4.99 Å². The zero-order valence-corrected chi connectivity index (χ0v) is 15.0. The van der Waals surface area contributed by atoms with E-state index in [4.69, 9.17) is 0 Å². The molecule has 3 rings (SSSR count). The first-order valence-corrected chi connectivity index (χ1v) is 8.83. The molecule has 0 aliphatic heterocycles. The Morgan fingerprint density at radius 2 is 1.65 bits per heavy atom. The van der Waals surface area contributed by atoms with Crippen LogP contribution in [0, 0.1) is 13.8 Å². The molecule has 0 unspecified atom stereocenters. The number of hydrogen-bond donors (Lipinski definition) is 1. The smallest absolute Gasteiger partial charge is 0.295 e. The lowest BCUT2D eigenvalue weighted by Crippen LogP contribution is -2.43. The van der Waals surface area contributed by atoms with Gasteiger partial charge in [-0.3, -0.25) is 9.59 Å². The van der Waals surface area contributed by atoms with Gasteiger partial charge in [0, 0.05) is 17.1 Å². The van der Waals surface area contributed by atoms with Crippen LogP contribution >= 0.6 is 0 Å². The van der Waals surface area contributed by atoms with Crippen molar-refractivity contribution in [2.45, 2.75) is 45.6 Å². The van der Waals surface area contributed by atoms with Crippen molar-refractivity contribution in [3.05, 3.63) is 59.2 Å².